The van der Waals surface area contributed by atoms with E-state index in [-0.39, 0.29) is 24.9 Å². The molecule has 0 aromatic carbocycles. The fraction of sp³-hybridized carbons (Fsp3) is 0.733. The monoisotopic (exact) mass is 416 g/mol. The Morgan fingerprint density at radius 3 is 2.62 bits per heavy atom. The van der Waals surface area contributed by atoms with Crippen LogP contribution in [0.4, 0.5) is 13.2 Å². The lowest BCUT2D eigenvalue weighted by molar-refractivity contribution is -0.174. The zero-order chi connectivity index (χ0) is 18.3. The predicted octanol–water partition coefficient (Wildman–Crippen LogP) is 1.79. The van der Waals surface area contributed by atoms with Crippen molar-refractivity contribution in [2.24, 2.45) is 5.73 Å². The second kappa shape index (κ2) is 11.0. The molecule has 0 unspecified atom stereocenters. The highest BCUT2D eigenvalue weighted by Crippen LogP contribution is 2.15. The van der Waals surface area contributed by atoms with Gasteiger partial charge in [0.2, 0.25) is 0 Å². The number of thiazole rings is 1. The van der Waals surface area contributed by atoms with Gasteiger partial charge in [-0.3, -0.25) is 9.69 Å². The van der Waals surface area contributed by atoms with Crippen LogP contribution in [0, 0.1) is 0 Å². The molecule has 150 valence electrons. The second-order valence-corrected chi connectivity index (χ2v) is 6.76. The standard InChI is InChI=1S/C15H23F3N4O2S.ClH/c16-15(17,18)11-24-9-1-4-21-5-7-22(8-6-21)14(23)12-10-25-13(20-12)2-3-19;/h10H,1-9,11,19H2;1H. The molecule has 1 aromatic rings. The highest BCUT2D eigenvalue weighted by atomic mass is 35.5. The molecule has 0 saturated carbocycles. The maximum Gasteiger partial charge on any atom is 0.411 e. The summed E-state index contributed by atoms with van der Waals surface area (Å²) < 4.78 is 40.5. The molecule has 1 amide bonds. The Morgan fingerprint density at radius 2 is 2.00 bits per heavy atom. The quantitative estimate of drug-likeness (QED) is 0.654. The zero-order valence-corrected chi connectivity index (χ0v) is 16.0. The van der Waals surface area contributed by atoms with Gasteiger partial charge in [0.15, 0.2) is 0 Å². The highest BCUT2D eigenvalue weighted by molar-refractivity contribution is 7.09. The van der Waals surface area contributed by atoms with E-state index in [2.05, 4.69) is 14.6 Å². The lowest BCUT2D eigenvalue weighted by atomic mass is 10.2. The normalized spacial score (nSPS) is 15.8. The van der Waals surface area contributed by atoms with Gasteiger partial charge in [-0.25, -0.2) is 4.98 Å². The van der Waals surface area contributed by atoms with Crippen molar-refractivity contribution in [3.05, 3.63) is 16.1 Å². The van der Waals surface area contributed by atoms with Gasteiger partial charge in [-0.2, -0.15) is 13.2 Å². The molecule has 1 aliphatic heterocycles. The van der Waals surface area contributed by atoms with Crippen molar-refractivity contribution in [2.45, 2.75) is 19.0 Å². The molecule has 0 spiro atoms. The average Bonchev–Trinajstić information content (AvgIpc) is 3.02. The van der Waals surface area contributed by atoms with E-state index in [1.165, 1.54) is 11.3 Å². The Labute approximate surface area is 160 Å². The number of piperazine rings is 1. The largest absolute Gasteiger partial charge is 0.411 e. The first kappa shape index (κ1) is 23.1. The van der Waals surface area contributed by atoms with Crippen molar-refractivity contribution in [3.63, 3.8) is 0 Å². The molecule has 0 bridgehead atoms. The molecular formula is C15H24ClF3N4O2S. The van der Waals surface area contributed by atoms with Crippen LogP contribution < -0.4 is 5.73 Å². The van der Waals surface area contributed by atoms with Gasteiger partial charge in [0.05, 0.1) is 5.01 Å². The smallest absolute Gasteiger partial charge is 0.372 e. The number of aromatic nitrogens is 1. The van der Waals surface area contributed by atoms with E-state index in [1.807, 2.05) is 0 Å². The van der Waals surface area contributed by atoms with Crippen molar-refractivity contribution >= 4 is 29.7 Å². The maximum atomic E-state index is 12.4. The van der Waals surface area contributed by atoms with Crippen molar-refractivity contribution in [2.75, 3.05) is 52.5 Å². The first-order valence-corrected chi connectivity index (χ1v) is 9.07. The molecule has 11 heteroatoms. The van der Waals surface area contributed by atoms with E-state index in [1.54, 1.807) is 10.3 Å². The number of nitrogens with zero attached hydrogens (tertiary/aromatic N) is 3. The Kier molecular flexibility index (Phi) is 9.80. The summed E-state index contributed by atoms with van der Waals surface area (Å²) in [5, 5.41) is 2.63. The number of hydrogen-bond donors (Lipinski definition) is 1. The molecule has 1 aromatic heterocycles. The number of rotatable bonds is 8. The molecule has 26 heavy (non-hydrogen) atoms. The summed E-state index contributed by atoms with van der Waals surface area (Å²) in [6.07, 6.45) is -3.06. The third-order valence-electron chi connectivity index (χ3n) is 3.82. The van der Waals surface area contributed by atoms with Crippen LogP contribution in [0.2, 0.25) is 0 Å². The molecule has 0 radical (unpaired) electrons. The van der Waals surface area contributed by atoms with Crippen molar-refractivity contribution < 1.29 is 22.7 Å². The number of ether oxygens (including phenoxy) is 1. The summed E-state index contributed by atoms with van der Waals surface area (Å²) in [6.45, 7) is 2.63. The zero-order valence-electron chi connectivity index (χ0n) is 14.3. The molecule has 2 N–H and O–H groups in total. The molecule has 0 aliphatic carbocycles. The van der Waals surface area contributed by atoms with Gasteiger partial charge in [0.1, 0.15) is 12.3 Å². The Morgan fingerprint density at radius 1 is 1.31 bits per heavy atom. The fourth-order valence-electron chi connectivity index (χ4n) is 2.56. The van der Waals surface area contributed by atoms with E-state index in [4.69, 9.17) is 5.73 Å². The molecular weight excluding hydrogens is 393 g/mol. The van der Waals surface area contributed by atoms with Crippen LogP contribution in [0.1, 0.15) is 21.9 Å². The van der Waals surface area contributed by atoms with E-state index in [0.29, 0.717) is 57.8 Å². The van der Waals surface area contributed by atoms with E-state index >= 15 is 0 Å². The Bertz CT molecular complexity index is 551. The van der Waals surface area contributed by atoms with E-state index in [0.717, 1.165) is 5.01 Å². The summed E-state index contributed by atoms with van der Waals surface area (Å²) in [7, 11) is 0. The SMILES string of the molecule is Cl.NCCc1nc(C(=O)N2CCN(CCCOCC(F)(F)F)CC2)cs1. The number of hydrogen-bond acceptors (Lipinski definition) is 6. The average molecular weight is 417 g/mol. The van der Waals surface area contributed by atoms with Crippen LogP contribution in [0.3, 0.4) is 0 Å². The number of carbonyl (C=O) groups excluding carboxylic acids is 1. The minimum Gasteiger partial charge on any atom is -0.372 e. The Hall–Kier alpha value is -0.940. The number of nitrogens with two attached hydrogens (primary N) is 1. The first-order chi connectivity index (χ1) is 11.9. The molecule has 2 heterocycles. The fourth-order valence-corrected chi connectivity index (χ4v) is 3.35. The van der Waals surface area contributed by atoms with Gasteiger partial charge in [-0.15, -0.1) is 23.7 Å². The van der Waals surface area contributed by atoms with Crippen LogP contribution in [0.5, 0.6) is 0 Å². The minimum atomic E-state index is -4.27. The van der Waals surface area contributed by atoms with Gasteiger partial charge in [-0.05, 0) is 13.0 Å². The van der Waals surface area contributed by atoms with Gasteiger partial charge in [0, 0.05) is 51.1 Å². The second-order valence-electron chi connectivity index (χ2n) is 5.82. The van der Waals surface area contributed by atoms with E-state index in [9.17, 15) is 18.0 Å². The van der Waals surface area contributed by atoms with Gasteiger partial charge < -0.3 is 15.4 Å². The van der Waals surface area contributed by atoms with Gasteiger partial charge in [-0.1, -0.05) is 0 Å². The molecule has 6 nitrogen and oxygen atoms in total. The van der Waals surface area contributed by atoms with Crippen LogP contribution in [0.25, 0.3) is 0 Å². The maximum absolute atomic E-state index is 12.4. The van der Waals surface area contributed by atoms with Crippen molar-refractivity contribution in [3.8, 4) is 0 Å². The number of carbonyl (C=O) groups is 1. The summed E-state index contributed by atoms with van der Waals surface area (Å²) in [4.78, 5) is 20.6. The topological polar surface area (TPSA) is 71.7 Å². The third-order valence-corrected chi connectivity index (χ3v) is 4.73. The number of halogens is 4. The molecule has 1 saturated heterocycles. The Balaban J connectivity index is 0.00000338. The molecule has 2 rings (SSSR count). The molecule has 0 atom stereocenters. The van der Waals surface area contributed by atoms with Crippen LogP contribution in [-0.2, 0) is 11.2 Å². The number of alkyl halides is 3. The molecule has 1 aliphatic rings. The summed E-state index contributed by atoms with van der Waals surface area (Å²) in [5.41, 5.74) is 5.95. The lowest BCUT2D eigenvalue weighted by Crippen LogP contribution is -2.49. The van der Waals surface area contributed by atoms with Gasteiger partial charge in [0.25, 0.3) is 5.91 Å². The van der Waals surface area contributed by atoms with Crippen LogP contribution in [-0.4, -0.2) is 79.3 Å². The van der Waals surface area contributed by atoms with Crippen LogP contribution >= 0.6 is 23.7 Å². The van der Waals surface area contributed by atoms with Crippen LogP contribution in [0.15, 0.2) is 5.38 Å². The highest BCUT2D eigenvalue weighted by Gasteiger charge is 2.27. The third kappa shape index (κ3) is 7.75. The summed E-state index contributed by atoms with van der Waals surface area (Å²) >= 11 is 1.44. The minimum absolute atomic E-state index is 0. The number of amides is 1. The van der Waals surface area contributed by atoms with Crippen molar-refractivity contribution in [1.29, 1.82) is 0 Å². The first-order valence-electron chi connectivity index (χ1n) is 8.19. The summed E-state index contributed by atoms with van der Waals surface area (Å²) in [6, 6.07) is 0. The van der Waals surface area contributed by atoms with E-state index < -0.39 is 12.8 Å². The summed E-state index contributed by atoms with van der Waals surface area (Å²) in [5.74, 6) is -0.0762. The predicted molar refractivity (Wildman–Crippen MR) is 96.0 cm³/mol. The lowest BCUT2D eigenvalue weighted by Gasteiger charge is -2.34. The molecule has 1 fully saturated rings. The van der Waals surface area contributed by atoms with Gasteiger partial charge >= 0.3 is 6.18 Å². The van der Waals surface area contributed by atoms with Crippen molar-refractivity contribution in [1.82, 2.24) is 14.8 Å².